The number of hydrogen-bond acceptors (Lipinski definition) is 2. The van der Waals surface area contributed by atoms with E-state index in [1.54, 1.807) is 0 Å². The van der Waals surface area contributed by atoms with Crippen LogP contribution in [-0.4, -0.2) is 18.2 Å². The predicted octanol–water partition coefficient (Wildman–Crippen LogP) is 5.10. The molecule has 0 aromatic heterocycles. The maximum atomic E-state index is 6.43. The van der Waals surface area contributed by atoms with E-state index in [0.29, 0.717) is 12.0 Å². The van der Waals surface area contributed by atoms with E-state index in [1.165, 1.54) is 56.2 Å². The Morgan fingerprint density at radius 3 is 2.76 bits per heavy atom. The molecule has 0 amide bonds. The third-order valence-corrected chi connectivity index (χ3v) is 5.19. The van der Waals surface area contributed by atoms with Gasteiger partial charge >= 0.3 is 0 Å². The largest absolute Gasteiger partial charge is 0.382 e. The average molecular weight is 287 g/mol. The van der Waals surface area contributed by atoms with Gasteiger partial charge in [0.15, 0.2) is 0 Å². The van der Waals surface area contributed by atoms with E-state index in [0.717, 1.165) is 6.54 Å². The van der Waals surface area contributed by atoms with Crippen LogP contribution in [0.5, 0.6) is 0 Å². The molecule has 1 spiro atoms. The van der Waals surface area contributed by atoms with Crippen LogP contribution in [0.2, 0.25) is 0 Å². The van der Waals surface area contributed by atoms with Crippen molar-refractivity contribution < 1.29 is 4.74 Å². The zero-order valence-corrected chi connectivity index (χ0v) is 13.5. The first-order valence-electron chi connectivity index (χ1n) is 8.69. The lowest BCUT2D eigenvalue weighted by molar-refractivity contribution is -0.0588. The van der Waals surface area contributed by atoms with Crippen molar-refractivity contribution in [1.82, 2.24) is 0 Å². The zero-order chi connectivity index (χ0) is 14.7. The second-order valence-corrected chi connectivity index (χ2v) is 7.18. The lowest BCUT2D eigenvalue weighted by Crippen LogP contribution is -2.33. The van der Waals surface area contributed by atoms with Gasteiger partial charge < -0.3 is 10.1 Å². The highest BCUT2D eigenvalue weighted by Gasteiger charge is 2.40. The summed E-state index contributed by atoms with van der Waals surface area (Å²) in [6.07, 6.45) is 9.57. The van der Waals surface area contributed by atoms with Gasteiger partial charge in [0.1, 0.15) is 0 Å². The lowest BCUT2D eigenvalue weighted by Gasteiger charge is -2.33. The summed E-state index contributed by atoms with van der Waals surface area (Å²) < 4.78 is 6.43. The fourth-order valence-corrected chi connectivity index (χ4v) is 3.84. The molecule has 1 atom stereocenters. The van der Waals surface area contributed by atoms with E-state index in [-0.39, 0.29) is 5.60 Å². The third kappa shape index (κ3) is 3.60. The zero-order valence-electron chi connectivity index (χ0n) is 13.5. The molecule has 1 saturated carbocycles. The molecule has 1 aromatic rings. The molecule has 1 aliphatic carbocycles. The quantitative estimate of drug-likeness (QED) is 0.831. The van der Waals surface area contributed by atoms with Gasteiger partial charge in [-0.3, -0.25) is 0 Å². The van der Waals surface area contributed by atoms with Gasteiger partial charge in [-0.15, -0.1) is 0 Å². The molecule has 1 aromatic carbocycles. The molecule has 0 bridgehead atoms. The molecule has 2 nitrogen and oxygen atoms in total. The molecule has 0 radical (unpaired) electrons. The van der Waals surface area contributed by atoms with Crippen LogP contribution in [0.1, 0.15) is 70.3 Å². The summed E-state index contributed by atoms with van der Waals surface area (Å²) in [7, 11) is 0. The first kappa shape index (κ1) is 14.9. The fraction of sp³-hybridized carbons (Fsp3) is 0.684. The Labute approximate surface area is 129 Å². The van der Waals surface area contributed by atoms with Gasteiger partial charge in [0.25, 0.3) is 0 Å². The van der Waals surface area contributed by atoms with Gasteiger partial charge in [-0.2, -0.15) is 0 Å². The molecular formula is C19H29NO. The van der Waals surface area contributed by atoms with Gasteiger partial charge in [-0.1, -0.05) is 45.2 Å². The van der Waals surface area contributed by atoms with E-state index in [4.69, 9.17) is 4.74 Å². The Kier molecular flexibility index (Phi) is 4.54. The van der Waals surface area contributed by atoms with Crippen LogP contribution in [0, 0.1) is 0 Å². The van der Waals surface area contributed by atoms with Crippen LogP contribution in [0.3, 0.4) is 0 Å². The first-order valence-corrected chi connectivity index (χ1v) is 8.69. The van der Waals surface area contributed by atoms with Crippen LogP contribution in [0.4, 0.5) is 5.69 Å². The minimum Gasteiger partial charge on any atom is -0.382 e. The van der Waals surface area contributed by atoms with Crippen molar-refractivity contribution in [2.24, 2.45) is 0 Å². The summed E-state index contributed by atoms with van der Waals surface area (Å²) in [6.45, 7) is 5.43. The summed E-state index contributed by atoms with van der Waals surface area (Å²) >= 11 is 0. The molecule has 1 N–H and O–H groups in total. The second-order valence-electron chi connectivity index (χ2n) is 7.18. The monoisotopic (exact) mass is 287 g/mol. The lowest BCUT2D eigenvalue weighted by atomic mass is 9.83. The van der Waals surface area contributed by atoms with Gasteiger partial charge in [0.05, 0.1) is 11.7 Å². The Bertz CT molecular complexity index is 462. The number of nitrogens with one attached hydrogen (secondary N) is 1. The van der Waals surface area contributed by atoms with Crippen LogP contribution < -0.4 is 5.32 Å². The highest BCUT2D eigenvalue weighted by molar-refractivity contribution is 5.46. The highest BCUT2D eigenvalue weighted by Crippen LogP contribution is 2.41. The molecule has 2 heteroatoms. The number of ether oxygens (including phenoxy) is 1. The van der Waals surface area contributed by atoms with E-state index in [2.05, 4.69) is 43.4 Å². The molecule has 1 unspecified atom stereocenters. The Balaban J connectivity index is 1.53. The molecular weight excluding hydrogens is 258 g/mol. The fourth-order valence-electron chi connectivity index (χ4n) is 3.84. The molecule has 116 valence electrons. The highest BCUT2D eigenvalue weighted by atomic mass is 16.5. The van der Waals surface area contributed by atoms with Crippen LogP contribution in [0.15, 0.2) is 24.3 Å². The van der Waals surface area contributed by atoms with E-state index >= 15 is 0 Å². The molecule has 2 aliphatic rings. The maximum Gasteiger partial charge on any atom is 0.0756 e. The van der Waals surface area contributed by atoms with Crippen molar-refractivity contribution in [2.75, 3.05) is 11.9 Å². The van der Waals surface area contributed by atoms with Gasteiger partial charge in [0, 0.05) is 12.2 Å². The summed E-state index contributed by atoms with van der Waals surface area (Å²) in [5.74, 6) is 0.583. The minimum absolute atomic E-state index is 0.240. The number of rotatable bonds is 4. The minimum atomic E-state index is 0.240. The summed E-state index contributed by atoms with van der Waals surface area (Å²) in [4.78, 5) is 0. The molecule has 1 saturated heterocycles. The molecule has 3 rings (SSSR count). The Morgan fingerprint density at radius 1 is 1.19 bits per heavy atom. The van der Waals surface area contributed by atoms with E-state index < -0.39 is 0 Å². The number of hydrogen-bond donors (Lipinski definition) is 1. The van der Waals surface area contributed by atoms with Crippen molar-refractivity contribution >= 4 is 5.69 Å². The molecule has 2 fully saturated rings. The number of anilines is 1. The van der Waals surface area contributed by atoms with Crippen molar-refractivity contribution in [3.63, 3.8) is 0 Å². The SMILES string of the molecule is CC(C)c1cccc(NCC2CCC3(CCCCC3)O2)c1. The van der Waals surface area contributed by atoms with E-state index in [9.17, 15) is 0 Å². The van der Waals surface area contributed by atoms with Crippen LogP contribution in [-0.2, 0) is 4.74 Å². The Hall–Kier alpha value is -1.02. The van der Waals surface area contributed by atoms with Gasteiger partial charge in [-0.25, -0.2) is 0 Å². The van der Waals surface area contributed by atoms with Crippen molar-refractivity contribution in [2.45, 2.75) is 76.4 Å². The topological polar surface area (TPSA) is 21.3 Å². The Morgan fingerprint density at radius 2 is 2.00 bits per heavy atom. The van der Waals surface area contributed by atoms with Crippen LogP contribution >= 0.6 is 0 Å². The molecule has 1 aliphatic heterocycles. The first-order chi connectivity index (χ1) is 10.2. The van der Waals surface area contributed by atoms with Crippen LogP contribution in [0.25, 0.3) is 0 Å². The molecule has 1 heterocycles. The van der Waals surface area contributed by atoms with Crippen molar-refractivity contribution in [3.8, 4) is 0 Å². The van der Waals surface area contributed by atoms with E-state index in [1.807, 2.05) is 0 Å². The van der Waals surface area contributed by atoms with Crippen molar-refractivity contribution in [3.05, 3.63) is 29.8 Å². The predicted molar refractivity (Wildman–Crippen MR) is 88.9 cm³/mol. The average Bonchev–Trinajstić information content (AvgIpc) is 2.89. The van der Waals surface area contributed by atoms with Gasteiger partial charge in [-0.05, 0) is 49.3 Å². The maximum absolute atomic E-state index is 6.43. The van der Waals surface area contributed by atoms with Gasteiger partial charge in [0.2, 0.25) is 0 Å². The number of benzene rings is 1. The normalized spacial score (nSPS) is 24.6. The smallest absolute Gasteiger partial charge is 0.0756 e. The summed E-state index contributed by atoms with van der Waals surface area (Å²) in [5.41, 5.74) is 2.87. The standard InChI is InChI=1S/C19H29NO/c1-15(2)16-7-6-8-17(13-16)20-14-18-9-12-19(21-18)10-4-3-5-11-19/h6-8,13,15,18,20H,3-5,9-12,14H2,1-2H3. The second kappa shape index (κ2) is 6.39. The van der Waals surface area contributed by atoms with Crippen molar-refractivity contribution in [1.29, 1.82) is 0 Å². The molecule has 21 heavy (non-hydrogen) atoms. The third-order valence-electron chi connectivity index (χ3n) is 5.19. The summed E-state index contributed by atoms with van der Waals surface area (Å²) in [6, 6.07) is 8.79. The summed E-state index contributed by atoms with van der Waals surface area (Å²) in [5, 5.41) is 3.58.